The summed E-state index contributed by atoms with van der Waals surface area (Å²) in [7, 11) is -3.56. The monoisotopic (exact) mass is 309 g/mol. The Morgan fingerprint density at radius 1 is 1.28 bits per heavy atom. The molecule has 0 unspecified atom stereocenters. The third-order valence-corrected chi connectivity index (χ3v) is 5.10. The second-order valence-corrected chi connectivity index (χ2v) is 7.12. The summed E-state index contributed by atoms with van der Waals surface area (Å²) in [6.07, 6.45) is 0. The van der Waals surface area contributed by atoms with E-state index in [0.29, 0.717) is 5.56 Å². The van der Waals surface area contributed by atoms with E-state index in [9.17, 15) is 13.2 Å². The maximum Gasteiger partial charge on any atom is 0.252 e. The molecular formula is C11H13Cl2NO3S. The lowest BCUT2D eigenvalue weighted by Crippen LogP contribution is -2.45. The highest BCUT2D eigenvalue weighted by Gasteiger charge is 2.31. The van der Waals surface area contributed by atoms with Crippen molar-refractivity contribution >= 4 is 38.9 Å². The third-order valence-electron chi connectivity index (χ3n) is 2.33. The largest absolute Gasteiger partial charge is 0.333 e. The van der Waals surface area contributed by atoms with Gasteiger partial charge in [-0.2, -0.15) is 0 Å². The summed E-state index contributed by atoms with van der Waals surface area (Å²) < 4.78 is 23.4. The molecule has 18 heavy (non-hydrogen) atoms. The second kappa shape index (κ2) is 6.41. The van der Waals surface area contributed by atoms with Gasteiger partial charge in [-0.3, -0.25) is 4.79 Å². The molecule has 0 saturated heterocycles. The van der Waals surface area contributed by atoms with Crippen molar-refractivity contribution in [1.82, 2.24) is 5.32 Å². The van der Waals surface area contributed by atoms with Crippen molar-refractivity contribution in [3.8, 4) is 0 Å². The van der Waals surface area contributed by atoms with Gasteiger partial charge in [-0.05, 0) is 12.1 Å². The van der Waals surface area contributed by atoms with E-state index in [0.717, 1.165) is 0 Å². The molecule has 1 atom stereocenters. The number of rotatable bonds is 5. The minimum atomic E-state index is -3.56. The highest BCUT2D eigenvalue weighted by atomic mass is 35.5. The molecule has 0 saturated carbocycles. The second-order valence-electron chi connectivity index (χ2n) is 3.55. The fraction of sp³-hybridized carbons (Fsp3) is 0.364. The van der Waals surface area contributed by atoms with Crippen LogP contribution in [0.25, 0.3) is 0 Å². The van der Waals surface area contributed by atoms with Crippen LogP contribution in [0.3, 0.4) is 0 Å². The van der Waals surface area contributed by atoms with Crippen molar-refractivity contribution in [2.75, 3.05) is 5.75 Å². The zero-order chi connectivity index (χ0) is 13.8. The zero-order valence-corrected chi connectivity index (χ0v) is 12.0. The van der Waals surface area contributed by atoms with Crippen LogP contribution in [0.15, 0.2) is 30.3 Å². The number of nitrogens with one attached hydrogen (secondary N) is 1. The molecule has 0 aliphatic carbocycles. The van der Waals surface area contributed by atoms with E-state index in [1.165, 1.54) is 6.92 Å². The molecule has 1 aromatic carbocycles. The van der Waals surface area contributed by atoms with Gasteiger partial charge >= 0.3 is 0 Å². The summed E-state index contributed by atoms with van der Waals surface area (Å²) in [5.74, 6) is -0.674. The van der Waals surface area contributed by atoms with Crippen LogP contribution in [0.2, 0.25) is 0 Å². The topological polar surface area (TPSA) is 63.2 Å². The minimum Gasteiger partial charge on any atom is -0.333 e. The SMILES string of the molecule is CCS(=O)(=O)[C@H](NC(=O)c1ccccc1)C(Cl)Cl. The normalized spacial score (nSPS) is 13.3. The van der Waals surface area contributed by atoms with E-state index in [2.05, 4.69) is 5.32 Å². The number of sulfone groups is 1. The highest BCUT2D eigenvalue weighted by Crippen LogP contribution is 2.15. The molecule has 1 rings (SSSR count). The first-order valence-electron chi connectivity index (χ1n) is 5.24. The van der Waals surface area contributed by atoms with Gasteiger partial charge in [0, 0.05) is 11.3 Å². The number of carbonyl (C=O) groups is 1. The van der Waals surface area contributed by atoms with Crippen LogP contribution in [0.4, 0.5) is 0 Å². The molecule has 1 N–H and O–H groups in total. The molecule has 0 aromatic heterocycles. The summed E-state index contributed by atoms with van der Waals surface area (Å²) in [4.78, 5) is 10.6. The van der Waals surface area contributed by atoms with Crippen LogP contribution < -0.4 is 5.32 Å². The fourth-order valence-corrected chi connectivity index (χ4v) is 3.32. The first-order chi connectivity index (χ1) is 8.38. The Balaban J connectivity index is 2.90. The van der Waals surface area contributed by atoms with Crippen LogP contribution in [0.1, 0.15) is 17.3 Å². The van der Waals surface area contributed by atoms with Crippen LogP contribution in [0, 0.1) is 0 Å². The lowest BCUT2D eigenvalue weighted by molar-refractivity contribution is 0.0949. The molecule has 0 fully saturated rings. The van der Waals surface area contributed by atoms with E-state index in [1.807, 2.05) is 0 Å². The number of benzene rings is 1. The molecular weight excluding hydrogens is 297 g/mol. The van der Waals surface area contributed by atoms with Crippen molar-refractivity contribution < 1.29 is 13.2 Å². The Morgan fingerprint density at radius 2 is 1.83 bits per heavy atom. The number of carbonyl (C=O) groups excluding carboxylic acids is 1. The summed E-state index contributed by atoms with van der Waals surface area (Å²) in [6.45, 7) is 1.47. The Kier molecular flexibility index (Phi) is 5.44. The van der Waals surface area contributed by atoms with Gasteiger partial charge in [0.25, 0.3) is 5.91 Å². The lowest BCUT2D eigenvalue weighted by Gasteiger charge is -2.19. The highest BCUT2D eigenvalue weighted by molar-refractivity contribution is 7.92. The molecule has 0 aliphatic heterocycles. The van der Waals surface area contributed by atoms with Crippen molar-refractivity contribution in [2.24, 2.45) is 0 Å². The molecule has 0 spiro atoms. The first kappa shape index (κ1) is 15.3. The molecule has 100 valence electrons. The summed E-state index contributed by atoms with van der Waals surface area (Å²) >= 11 is 11.2. The number of hydrogen-bond donors (Lipinski definition) is 1. The van der Waals surface area contributed by atoms with Gasteiger partial charge in [0.15, 0.2) is 15.2 Å². The van der Waals surface area contributed by atoms with E-state index in [4.69, 9.17) is 23.2 Å². The van der Waals surface area contributed by atoms with E-state index >= 15 is 0 Å². The predicted molar refractivity (Wildman–Crippen MR) is 72.7 cm³/mol. The Hall–Kier alpha value is -0.780. The predicted octanol–water partition coefficient (Wildman–Crippen LogP) is 1.98. The van der Waals surface area contributed by atoms with Crippen LogP contribution in [0.5, 0.6) is 0 Å². The number of amides is 1. The van der Waals surface area contributed by atoms with Gasteiger partial charge in [-0.1, -0.05) is 25.1 Å². The van der Waals surface area contributed by atoms with E-state index in [-0.39, 0.29) is 5.75 Å². The molecule has 1 amide bonds. The molecule has 4 nitrogen and oxygen atoms in total. The molecule has 0 radical (unpaired) electrons. The average molecular weight is 310 g/mol. The molecule has 1 aromatic rings. The van der Waals surface area contributed by atoms with Crippen molar-refractivity contribution in [2.45, 2.75) is 17.1 Å². The van der Waals surface area contributed by atoms with E-state index in [1.54, 1.807) is 30.3 Å². The average Bonchev–Trinajstić information content (AvgIpc) is 2.36. The Labute approximate surface area is 116 Å². The van der Waals surface area contributed by atoms with Gasteiger partial charge in [0.05, 0.1) is 0 Å². The minimum absolute atomic E-state index is 0.150. The molecule has 0 bridgehead atoms. The standard InChI is InChI=1S/C11H13Cl2NO3S/c1-2-18(16,17)11(9(12)13)14-10(15)8-6-4-3-5-7-8/h3-7,9,11H,2H2,1H3,(H,14,15)/t11-/m0/s1. The number of hydrogen-bond acceptors (Lipinski definition) is 3. The Bertz CT molecular complexity index is 502. The molecule has 0 heterocycles. The van der Waals surface area contributed by atoms with Gasteiger partial charge < -0.3 is 5.32 Å². The van der Waals surface area contributed by atoms with Gasteiger partial charge in [-0.15, -0.1) is 23.2 Å². The Morgan fingerprint density at radius 3 is 2.28 bits per heavy atom. The number of halogens is 2. The summed E-state index contributed by atoms with van der Waals surface area (Å²) in [5.41, 5.74) is 0.350. The summed E-state index contributed by atoms with van der Waals surface area (Å²) in [6, 6.07) is 8.25. The van der Waals surface area contributed by atoms with Gasteiger partial charge in [0.2, 0.25) is 0 Å². The fourth-order valence-electron chi connectivity index (χ4n) is 1.29. The smallest absolute Gasteiger partial charge is 0.252 e. The van der Waals surface area contributed by atoms with Crippen LogP contribution in [-0.2, 0) is 9.84 Å². The summed E-state index contributed by atoms with van der Waals surface area (Å²) in [5, 5.41) is 1.03. The third kappa shape index (κ3) is 3.86. The number of alkyl halides is 2. The maximum atomic E-state index is 11.8. The van der Waals surface area contributed by atoms with Gasteiger partial charge in [-0.25, -0.2) is 8.42 Å². The van der Waals surface area contributed by atoms with Crippen molar-refractivity contribution in [3.05, 3.63) is 35.9 Å². The zero-order valence-electron chi connectivity index (χ0n) is 9.64. The van der Waals surface area contributed by atoms with Crippen LogP contribution >= 0.6 is 23.2 Å². The first-order valence-corrected chi connectivity index (χ1v) is 7.83. The van der Waals surface area contributed by atoms with E-state index < -0.39 is 26.0 Å². The molecule has 7 heteroatoms. The van der Waals surface area contributed by atoms with Crippen molar-refractivity contribution in [3.63, 3.8) is 0 Å². The van der Waals surface area contributed by atoms with Crippen molar-refractivity contribution in [1.29, 1.82) is 0 Å². The van der Waals surface area contributed by atoms with Crippen LogP contribution in [-0.4, -0.2) is 30.3 Å². The quantitative estimate of drug-likeness (QED) is 0.846. The van der Waals surface area contributed by atoms with Gasteiger partial charge in [0.1, 0.15) is 4.84 Å². The lowest BCUT2D eigenvalue weighted by atomic mass is 10.2. The maximum absolute atomic E-state index is 11.8. The molecule has 0 aliphatic rings.